The average molecular weight is 307 g/mol. The SMILES string of the molecule is Cc1ccc2nc(C(=O)N3CCC[C@H]3c3ccncn3)cn2c1. The molecule has 23 heavy (non-hydrogen) atoms. The van der Waals surface area contributed by atoms with Gasteiger partial charge in [-0.3, -0.25) is 4.79 Å². The molecule has 0 bridgehead atoms. The van der Waals surface area contributed by atoms with E-state index >= 15 is 0 Å². The molecule has 1 aliphatic rings. The van der Waals surface area contributed by atoms with Crippen molar-refractivity contribution in [3.05, 3.63) is 60.1 Å². The summed E-state index contributed by atoms with van der Waals surface area (Å²) in [4.78, 5) is 27.5. The van der Waals surface area contributed by atoms with E-state index in [2.05, 4.69) is 15.0 Å². The number of amides is 1. The van der Waals surface area contributed by atoms with Gasteiger partial charge in [0.05, 0.1) is 11.7 Å². The third kappa shape index (κ3) is 2.46. The van der Waals surface area contributed by atoms with E-state index in [1.165, 1.54) is 6.33 Å². The third-order valence-electron chi connectivity index (χ3n) is 4.28. The molecule has 1 saturated heterocycles. The predicted octanol–water partition coefficient (Wildman–Crippen LogP) is 2.41. The number of carbonyl (C=O) groups excluding carboxylic acids is 1. The minimum Gasteiger partial charge on any atom is -0.329 e. The molecule has 1 aliphatic heterocycles. The molecule has 4 heterocycles. The van der Waals surface area contributed by atoms with Gasteiger partial charge in [0.2, 0.25) is 0 Å². The number of carbonyl (C=O) groups is 1. The van der Waals surface area contributed by atoms with Crippen LogP contribution in [-0.2, 0) is 0 Å². The number of likely N-dealkylation sites (tertiary alicyclic amines) is 1. The summed E-state index contributed by atoms with van der Waals surface area (Å²) in [6.45, 7) is 2.76. The number of hydrogen-bond donors (Lipinski definition) is 0. The molecule has 3 aromatic heterocycles. The number of fused-ring (bicyclic) bond motifs is 1. The first-order chi connectivity index (χ1) is 11.2. The fourth-order valence-electron chi connectivity index (χ4n) is 3.17. The molecule has 0 aliphatic carbocycles. The largest absolute Gasteiger partial charge is 0.329 e. The van der Waals surface area contributed by atoms with Gasteiger partial charge in [0.25, 0.3) is 5.91 Å². The quantitative estimate of drug-likeness (QED) is 0.729. The first-order valence-electron chi connectivity index (χ1n) is 7.74. The number of nitrogens with zero attached hydrogens (tertiary/aromatic N) is 5. The maximum absolute atomic E-state index is 12.9. The third-order valence-corrected chi connectivity index (χ3v) is 4.28. The lowest BCUT2D eigenvalue weighted by Gasteiger charge is -2.23. The van der Waals surface area contributed by atoms with Crippen LogP contribution in [0.2, 0.25) is 0 Å². The fourth-order valence-corrected chi connectivity index (χ4v) is 3.17. The van der Waals surface area contributed by atoms with Gasteiger partial charge in [0.15, 0.2) is 0 Å². The molecule has 1 fully saturated rings. The summed E-state index contributed by atoms with van der Waals surface area (Å²) in [5.74, 6) is -0.0348. The van der Waals surface area contributed by atoms with Crippen molar-refractivity contribution in [2.45, 2.75) is 25.8 Å². The van der Waals surface area contributed by atoms with Crippen LogP contribution in [0, 0.1) is 6.92 Å². The Bertz CT molecular complexity index is 858. The summed E-state index contributed by atoms with van der Waals surface area (Å²) in [5.41, 5.74) is 3.30. The molecule has 0 unspecified atom stereocenters. The van der Waals surface area contributed by atoms with E-state index < -0.39 is 0 Å². The molecule has 6 heteroatoms. The highest BCUT2D eigenvalue weighted by molar-refractivity contribution is 5.93. The Labute approximate surface area is 133 Å². The molecule has 0 N–H and O–H groups in total. The number of hydrogen-bond acceptors (Lipinski definition) is 4. The number of aromatic nitrogens is 4. The van der Waals surface area contributed by atoms with Crippen LogP contribution in [0.4, 0.5) is 0 Å². The number of pyridine rings is 1. The van der Waals surface area contributed by atoms with E-state index in [4.69, 9.17) is 0 Å². The molecule has 0 saturated carbocycles. The summed E-state index contributed by atoms with van der Waals surface area (Å²) in [7, 11) is 0. The second-order valence-corrected chi connectivity index (χ2v) is 5.89. The minimum atomic E-state index is -0.0348. The zero-order chi connectivity index (χ0) is 15.8. The fraction of sp³-hybridized carbons (Fsp3) is 0.294. The zero-order valence-electron chi connectivity index (χ0n) is 12.9. The first kappa shape index (κ1) is 13.9. The Morgan fingerprint density at radius 2 is 2.17 bits per heavy atom. The summed E-state index contributed by atoms with van der Waals surface area (Å²) < 4.78 is 1.90. The molecule has 1 amide bonds. The summed E-state index contributed by atoms with van der Waals surface area (Å²) in [6.07, 6.45) is 8.94. The normalized spacial score (nSPS) is 17.8. The second-order valence-electron chi connectivity index (χ2n) is 5.89. The maximum atomic E-state index is 12.9. The second kappa shape index (κ2) is 5.46. The van der Waals surface area contributed by atoms with Crippen molar-refractivity contribution in [3.8, 4) is 0 Å². The van der Waals surface area contributed by atoms with Crippen LogP contribution in [0.1, 0.15) is 40.6 Å². The van der Waals surface area contributed by atoms with Gasteiger partial charge in [0.1, 0.15) is 17.7 Å². The van der Waals surface area contributed by atoms with Crippen LogP contribution in [0.3, 0.4) is 0 Å². The maximum Gasteiger partial charge on any atom is 0.274 e. The molecule has 116 valence electrons. The molecule has 0 spiro atoms. The molecule has 4 rings (SSSR count). The Morgan fingerprint density at radius 1 is 1.26 bits per heavy atom. The first-order valence-corrected chi connectivity index (χ1v) is 7.74. The van der Waals surface area contributed by atoms with E-state index in [9.17, 15) is 4.79 Å². The van der Waals surface area contributed by atoms with Crippen LogP contribution >= 0.6 is 0 Å². The van der Waals surface area contributed by atoms with Gasteiger partial charge in [-0.25, -0.2) is 15.0 Å². The van der Waals surface area contributed by atoms with Crippen molar-refractivity contribution < 1.29 is 4.79 Å². The van der Waals surface area contributed by atoms with Gasteiger partial charge in [-0.15, -0.1) is 0 Å². The van der Waals surface area contributed by atoms with E-state index in [0.717, 1.165) is 36.3 Å². The number of aryl methyl sites for hydroxylation is 1. The monoisotopic (exact) mass is 307 g/mol. The lowest BCUT2D eigenvalue weighted by atomic mass is 10.1. The van der Waals surface area contributed by atoms with Gasteiger partial charge < -0.3 is 9.30 Å². The van der Waals surface area contributed by atoms with Crippen LogP contribution in [0.15, 0.2) is 43.1 Å². The van der Waals surface area contributed by atoms with Crippen molar-refractivity contribution in [2.75, 3.05) is 6.54 Å². The van der Waals surface area contributed by atoms with Crippen LogP contribution in [0.5, 0.6) is 0 Å². The van der Waals surface area contributed by atoms with Crippen molar-refractivity contribution in [1.82, 2.24) is 24.3 Å². The Hall–Kier alpha value is -2.76. The van der Waals surface area contributed by atoms with Crippen molar-refractivity contribution >= 4 is 11.6 Å². The average Bonchev–Trinajstić information content (AvgIpc) is 3.21. The highest BCUT2D eigenvalue weighted by atomic mass is 16.2. The highest BCUT2D eigenvalue weighted by Crippen LogP contribution is 2.31. The standard InChI is InChI=1S/C17H17N5O/c1-12-4-5-16-20-14(10-21(16)9-12)17(23)22-8-2-3-15(22)13-6-7-18-11-19-13/h4-7,9-11,15H,2-3,8H2,1H3/t15-/m0/s1. The minimum absolute atomic E-state index is 0.0112. The predicted molar refractivity (Wildman–Crippen MR) is 85.0 cm³/mol. The van der Waals surface area contributed by atoms with E-state index in [1.807, 2.05) is 40.6 Å². The van der Waals surface area contributed by atoms with Crippen LogP contribution < -0.4 is 0 Å². The van der Waals surface area contributed by atoms with Gasteiger partial charge >= 0.3 is 0 Å². The topological polar surface area (TPSA) is 63.4 Å². The Morgan fingerprint density at radius 3 is 3.00 bits per heavy atom. The van der Waals surface area contributed by atoms with E-state index in [1.54, 1.807) is 12.4 Å². The smallest absolute Gasteiger partial charge is 0.274 e. The van der Waals surface area contributed by atoms with Crippen LogP contribution in [0.25, 0.3) is 5.65 Å². The molecule has 6 nitrogen and oxygen atoms in total. The molecule has 0 aromatic carbocycles. The Kier molecular flexibility index (Phi) is 3.29. The summed E-state index contributed by atoms with van der Waals surface area (Å²) in [5, 5.41) is 0. The zero-order valence-corrected chi connectivity index (χ0v) is 12.9. The highest BCUT2D eigenvalue weighted by Gasteiger charge is 2.32. The van der Waals surface area contributed by atoms with Crippen LogP contribution in [-0.4, -0.2) is 36.7 Å². The molecule has 0 radical (unpaired) electrons. The van der Waals surface area contributed by atoms with Crippen molar-refractivity contribution in [2.24, 2.45) is 0 Å². The van der Waals surface area contributed by atoms with Gasteiger partial charge in [-0.1, -0.05) is 6.07 Å². The molecule has 3 aromatic rings. The van der Waals surface area contributed by atoms with Gasteiger partial charge in [-0.2, -0.15) is 0 Å². The van der Waals surface area contributed by atoms with Gasteiger partial charge in [0, 0.05) is 25.1 Å². The molecule has 1 atom stereocenters. The molecular formula is C17H17N5O. The van der Waals surface area contributed by atoms with Crippen molar-refractivity contribution in [1.29, 1.82) is 0 Å². The Balaban J connectivity index is 1.66. The number of rotatable bonds is 2. The summed E-state index contributed by atoms with van der Waals surface area (Å²) in [6, 6.07) is 5.81. The summed E-state index contributed by atoms with van der Waals surface area (Å²) >= 11 is 0. The van der Waals surface area contributed by atoms with Crippen molar-refractivity contribution in [3.63, 3.8) is 0 Å². The lowest BCUT2D eigenvalue weighted by molar-refractivity contribution is 0.0727. The molecular weight excluding hydrogens is 290 g/mol. The number of imidazole rings is 1. The lowest BCUT2D eigenvalue weighted by Crippen LogP contribution is -2.31. The van der Waals surface area contributed by atoms with Gasteiger partial charge in [-0.05, 0) is 37.5 Å². The van der Waals surface area contributed by atoms with E-state index in [-0.39, 0.29) is 11.9 Å². The van der Waals surface area contributed by atoms with E-state index in [0.29, 0.717) is 5.69 Å².